The van der Waals surface area contributed by atoms with Gasteiger partial charge in [0.2, 0.25) is 0 Å². The number of H-pyrrole nitrogens is 1. The van der Waals surface area contributed by atoms with Gasteiger partial charge in [0.05, 0.1) is 11.4 Å². The van der Waals surface area contributed by atoms with E-state index in [1.807, 2.05) is 38.1 Å². The Morgan fingerprint density at radius 2 is 1.90 bits per heavy atom. The summed E-state index contributed by atoms with van der Waals surface area (Å²) in [4.78, 5) is 19.2. The Morgan fingerprint density at radius 1 is 1.10 bits per heavy atom. The molecular weight excluding hydrogens is 378 g/mol. The largest absolute Gasteiger partial charge is 0.508 e. The smallest absolute Gasteiger partial charge is 0.345 e. The number of aryl methyl sites for hydroxylation is 2. The van der Waals surface area contributed by atoms with E-state index >= 15 is 0 Å². The number of phenolic OH excluding ortho intramolecular Hbond substituents is 1. The second kappa shape index (κ2) is 8.71. The van der Waals surface area contributed by atoms with E-state index in [1.54, 1.807) is 12.1 Å². The van der Waals surface area contributed by atoms with E-state index in [0.29, 0.717) is 11.6 Å². The van der Waals surface area contributed by atoms with Crippen molar-refractivity contribution in [3.63, 3.8) is 0 Å². The van der Waals surface area contributed by atoms with Crippen molar-refractivity contribution in [1.82, 2.24) is 9.97 Å². The fourth-order valence-corrected chi connectivity index (χ4v) is 3.85. The quantitative estimate of drug-likeness (QED) is 0.590. The van der Waals surface area contributed by atoms with Crippen LogP contribution in [-0.4, -0.2) is 34.8 Å². The van der Waals surface area contributed by atoms with Crippen LogP contribution in [0.15, 0.2) is 47.3 Å². The third-order valence-electron chi connectivity index (χ3n) is 5.69. The fraction of sp³-hybridized carbons (Fsp3) is 0.333. The summed E-state index contributed by atoms with van der Waals surface area (Å²) in [6.45, 7) is 6.50. The van der Waals surface area contributed by atoms with Gasteiger partial charge in [0.25, 0.3) is 0 Å². The highest BCUT2D eigenvalue weighted by Crippen LogP contribution is 2.28. The maximum atomic E-state index is 12.2. The molecule has 3 aromatic rings. The zero-order valence-corrected chi connectivity index (χ0v) is 17.4. The van der Waals surface area contributed by atoms with Gasteiger partial charge in [-0.2, -0.15) is 4.98 Å². The van der Waals surface area contributed by atoms with Gasteiger partial charge >= 0.3 is 5.69 Å². The predicted molar refractivity (Wildman–Crippen MR) is 119 cm³/mol. The summed E-state index contributed by atoms with van der Waals surface area (Å²) in [5, 5.41) is 13.3. The van der Waals surface area contributed by atoms with Crippen molar-refractivity contribution in [2.75, 3.05) is 25.1 Å². The monoisotopic (exact) mass is 405 g/mol. The van der Waals surface area contributed by atoms with Crippen LogP contribution in [0.25, 0.3) is 22.5 Å². The number of nitrogens with one attached hydrogen (secondary N) is 2. The molecule has 0 bridgehead atoms. The van der Waals surface area contributed by atoms with Gasteiger partial charge in [0, 0.05) is 36.6 Å². The first-order valence-corrected chi connectivity index (χ1v) is 10.3. The lowest BCUT2D eigenvalue weighted by Gasteiger charge is -2.23. The van der Waals surface area contributed by atoms with Crippen molar-refractivity contribution >= 4 is 5.69 Å². The minimum Gasteiger partial charge on any atom is -0.508 e. The topological polar surface area (TPSA) is 87.2 Å². The minimum absolute atomic E-state index is 0.225. The first-order valence-electron chi connectivity index (χ1n) is 10.3. The van der Waals surface area contributed by atoms with E-state index in [2.05, 4.69) is 21.4 Å². The molecular formula is C24H27N3O3. The molecule has 0 atom stereocenters. The summed E-state index contributed by atoms with van der Waals surface area (Å²) in [5.74, 6) is 0.870. The molecule has 6 heteroatoms. The molecule has 156 valence electrons. The number of phenols is 1. The van der Waals surface area contributed by atoms with Crippen LogP contribution in [0.3, 0.4) is 0 Å². The van der Waals surface area contributed by atoms with Crippen molar-refractivity contribution in [2.24, 2.45) is 5.92 Å². The first-order chi connectivity index (χ1) is 14.5. The summed E-state index contributed by atoms with van der Waals surface area (Å²) >= 11 is 0. The fourth-order valence-electron chi connectivity index (χ4n) is 3.85. The third kappa shape index (κ3) is 4.54. The molecule has 0 spiro atoms. The molecule has 6 nitrogen and oxygen atoms in total. The molecule has 0 unspecified atom stereocenters. The van der Waals surface area contributed by atoms with Gasteiger partial charge < -0.3 is 20.1 Å². The number of aromatic hydroxyl groups is 1. The number of anilines is 1. The van der Waals surface area contributed by atoms with Crippen molar-refractivity contribution < 1.29 is 9.84 Å². The van der Waals surface area contributed by atoms with Gasteiger partial charge in [-0.1, -0.05) is 6.07 Å². The van der Waals surface area contributed by atoms with E-state index in [1.165, 1.54) is 0 Å². The van der Waals surface area contributed by atoms with Gasteiger partial charge in [-0.25, -0.2) is 4.79 Å². The Kier molecular flexibility index (Phi) is 5.86. The van der Waals surface area contributed by atoms with Crippen LogP contribution in [0.1, 0.15) is 24.0 Å². The lowest BCUT2D eigenvalue weighted by Crippen LogP contribution is -2.22. The van der Waals surface area contributed by atoms with Crippen molar-refractivity contribution in [2.45, 2.75) is 26.7 Å². The molecule has 2 aromatic carbocycles. The summed E-state index contributed by atoms with van der Waals surface area (Å²) < 4.78 is 5.42. The summed E-state index contributed by atoms with van der Waals surface area (Å²) in [7, 11) is 0. The Labute approximate surface area is 176 Å². The molecule has 0 saturated carbocycles. The Morgan fingerprint density at radius 3 is 2.63 bits per heavy atom. The second-order valence-corrected chi connectivity index (χ2v) is 7.95. The molecule has 0 aliphatic carbocycles. The van der Waals surface area contributed by atoms with Crippen LogP contribution in [0.4, 0.5) is 5.69 Å². The molecule has 1 aliphatic heterocycles. The molecule has 4 rings (SSSR count). The minimum atomic E-state index is -0.394. The molecule has 0 radical (unpaired) electrons. The van der Waals surface area contributed by atoms with E-state index in [0.717, 1.165) is 66.2 Å². The van der Waals surface area contributed by atoms with Crippen LogP contribution < -0.4 is 11.0 Å². The molecule has 30 heavy (non-hydrogen) atoms. The van der Waals surface area contributed by atoms with Gasteiger partial charge in [-0.05, 0) is 80.1 Å². The predicted octanol–water partition coefficient (Wildman–Crippen LogP) is 4.26. The Balaban J connectivity index is 1.58. The van der Waals surface area contributed by atoms with Crippen LogP contribution in [0.5, 0.6) is 5.75 Å². The number of nitrogens with zero attached hydrogens (tertiary/aromatic N) is 1. The second-order valence-electron chi connectivity index (χ2n) is 7.95. The van der Waals surface area contributed by atoms with Crippen molar-refractivity contribution in [3.8, 4) is 28.3 Å². The van der Waals surface area contributed by atoms with Gasteiger partial charge in [-0.3, -0.25) is 0 Å². The van der Waals surface area contributed by atoms with E-state index in [4.69, 9.17) is 4.74 Å². The number of ether oxygens (including phenoxy) is 1. The molecule has 1 fully saturated rings. The van der Waals surface area contributed by atoms with Crippen molar-refractivity contribution in [3.05, 3.63) is 64.1 Å². The average molecular weight is 405 g/mol. The molecule has 2 heterocycles. The van der Waals surface area contributed by atoms with Gasteiger partial charge in [-0.15, -0.1) is 0 Å². The lowest BCUT2D eigenvalue weighted by molar-refractivity contribution is 0.0699. The molecule has 0 amide bonds. The highest BCUT2D eigenvalue weighted by molar-refractivity contribution is 5.72. The average Bonchev–Trinajstić information content (AvgIpc) is 2.74. The lowest BCUT2D eigenvalue weighted by atomic mass is 9.99. The maximum Gasteiger partial charge on any atom is 0.345 e. The van der Waals surface area contributed by atoms with Gasteiger partial charge in [0.1, 0.15) is 5.75 Å². The number of benzene rings is 2. The first kappa shape index (κ1) is 20.2. The third-order valence-corrected chi connectivity index (χ3v) is 5.69. The van der Waals surface area contributed by atoms with Crippen LogP contribution >= 0.6 is 0 Å². The highest BCUT2D eigenvalue weighted by atomic mass is 16.5. The van der Waals surface area contributed by atoms with Crippen LogP contribution in [0.2, 0.25) is 0 Å². The summed E-state index contributed by atoms with van der Waals surface area (Å²) in [6.07, 6.45) is 2.20. The number of hydrogen-bond donors (Lipinski definition) is 3. The van der Waals surface area contributed by atoms with Crippen molar-refractivity contribution in [1.29, 1.82) is 0 Å². The number of aromatic nitrogens is 2. The maximum absolute atomic E-state index is 12.2. The van der Waals surface area contributed by atoms with E-state index < -0.39 is 5.69 Å². The molecule has 1 aliphatic rings. The number of hydrogen-bond acceptors (Lipinski definition) is 5. The molecule has 1 saturated heterocycles. The molecule has 3 N–H and O–H groups in total. The van der Waals surface area contributed by atoms with Crippen LogP contribution in [0, 0.1) is 19.8 Å². The Bertz CT molecular complexity index is 1100. The van der Waals surface area contributed by atoms with E-state index in [9.17, 15) is 9.90 Å². The molecule has 1 aromatic heterocycles. The number of rotatable bonds is 5. The van der Waals surface area contributed by atoms with E-state index in [-0.39, 0.29) is 5.75 Å². The normalized spacial score (nSPS) is 14.6. The standard InChI is InChI=1S/C24H27N3O3/c1-15-12-19(25-14-17-7-9-30-10-8-17)4-5-20(15)22-13-21(26-24(29)27-22)18-3-6-23(28)16(2)11-18/h3-6,11-13,17,25,28H,7-10,14H2,1-2H3,(H,26,27,29). The van der Waals surface area contributed by atoms with Crippen LogP contribution in [-0.2, 0) is 4.74 Å². The SMILES string of the molecule is Cc1cc(-c2cc(-c3ccc(NCC4CCOCC4)cc3C)[nH]c(=O)n2)ccc1O. The van der Waals surface area contributed by atoms with Gasteiger partial charge in [0.15, 0.2) is 0 Å². The zero-order valence-electron chi connectivity index (χ0n) is 17.4. The highest BCUT2D eigenvalue weighted by Gasteiger charge is 2.14. The zero-order chi connectivity index (χ0) is 21.1. The number of aromatic amines is 1. The summed E-state index contributed by atoms with van der Waals surface area (Å²) in [5.41, 5.74) is 5.56. The Hall–Kier alpha value is -3.12. The summed E-state index contributed by atoms with van der Waals surface area (Å²) in [6, 6.07) is 13.3.